The molecule has 4 nitrogen and oxygen atoms in total. The van der Waals surface area contributed by atoms with E-state index < -0.39 is 0 Å². The minimum absolute atomic E-state index is 0.592. The molecule has 68 heavy (non-hydrogen) atoms. The molecule has 0 aliphatic heterocycles. The molecule has 13 rings (SSSR count). The Morgan fingerprint density at radius 3 is 1.35 bits per heavy atom. The average molecular weight is 886 g/mol. The summed E-state index contributed by atoms with van der Waals surface area (Å²) in [6.45, 7) is 0. The topological polar surface area (TPSA) is 51.8 Å². The number of thiophene rings is 1. The number of hydrogen-bond donors (Lipinski definition) is 0. The van der Waals surface area contributed by atoms with Gasteiger partial charge in [-0.1, -0.05) is 212 Å². The number of furan rings is 1. The molecule has 0 N–H and O–H groups in total. The fourth-order valence-electron chi connectivity index (χ4n) is 9.51. The summed E-state index contributed by atoms with van der Waals surface area (Å²) in [4.78, 5) is 15.3. The van der Waals surface area contributed by atoms with E-state index >= 15 is 0 Å². The molecule has 5 heteroatoms. The van der Waals surface area contributed by atoms with Crippen LogP contribution in [0.3, 0.4) is 0 Å². The number of hydrogen-bond acceptors (Lipinski definition) is 5. The quantitative estimate of drug-likeness (QED) is 0.153. The van der Waals surface area contributed by atoms with Gasteiger partial charge in [0.1, 0.15) is 11.2 Å². The van der Waals surface area contributed by atoms with Crippen molar-refractivity contribution in [3.8, 4) is 89.8 Å². The number of benzene rings is 10. The van der Waals surface area contributed by atoms with E-state index in [1.807, 2.05) is 59.9 Å². The highest BCUT2D eigenvalue weighted by Crippen LogP contribution is 2.42. The Kier molecular flexibility index (Phi) is 9.66. The van der Waals surface area contributed by atoms with Gasteiger partial charge < -0.3 is 4.42 Å². The first kappa shape index (κ1) is 39.6. The summed E-state index contributed by atoms with van der Waals surface area (Å²) < 4.78 is 9.04. The van der Waals surface area contributed by atoms with Crippen LogP contribution in [0.4, 0.5) is 0 Å². The lowest BCUT2D eigenvalue weighted by Gasteiger charge is -2.10. The molecule has 10 aromatic carbocycles. The predicted octanol–water partition coefficient (Wildman–Crippen LogP) is 17.5. The van der Waals surface area contributed by atoms with Crippen molar-refractivity contribution in [2.24, 2.45) is 0 Å². The van der Waals surface area contributed by atoms with Crippen molar-refractivity contribution >= 4 is 53.4 Å². The van der Waals surface area contributed by atoms with Gasteiger partial charge >= 0.3 is 0 Å². The summed E-state index contributed by atoms with van der Waals surface area (Å²) in [7, 11) is 0. The predicted molar refractivity (Wildman–Crippen MR) is 283 cm³/mol. The molecule has 0 atom stereocenters. The highest BCUT2D eigenvalue weighted by atomic mass is 32.1. The third kappa shape index (κ3) is 7.14. The van der Waals surface area contributed by atoms with Crippen molar-refractivity contribution in [3.05, 3.63) is 237 Å². The van der Waals surface area contributed by atoms with Gasteiger partial charge in [-0.05, 0) is 79.9 Å². The molecular weight excluding hydrogens is 847 g/mol. The normalized spacial score (nSPS) is 11.5. The number of nitrogens with zero attached hydrogens (tertiary/aromatic N) is 3. The zero-order chi connectivity index (χ0) is 45.0. The summed E-state index contributed by atoms with van der Waals surface area (Å²) in [5, 5.41) is 4.61. The highest BCUT2D eigenvalue weighted by molar-refractivity contribution is 7.26. The highest BCUT2D eigenvalue weighted by Gasteiger charge is 2.19. The van der Waals surface area contributed by atoms with Gasteiger partial charge in [-0.2, -0.15) is 0 Å². The monoisotopic (exact) mass is 885 g/mol. The van der Waals surface area contributed by atoms with Gasteiger partial charge in [0.05, 0.1) is 0 Å². The van der Waals surface area contributed by atoms with Crippen molar-refractivity contribution < 1.29 is 4.42 Å². The SMILES string of the molecule is c1ccc(-c2ccc3c(c2)sc2c(-c4ccc(-c5ccc(-c6ccc(-c7nc(-c8ccccc8)nc(-c8cccc9oc%10ccc(-c%11ccccc%11)cc%10c89)n7)cc6)cc5)cc4)cccc23)cc1. The number of aromatic nitrogens is 3. The number of fused-ring (bicyclic) bond motifs is 6. The largest absolute Gasteiger partial charge is 0.456 e. The Balaban J connectivity index is 0.793. The van der Waals surface area contributed by atoms with E-state index in [1.54, 1.807) is 0 Å². The Morgan fingerprint density at radius 2 is 0.735 bits per heavy atom. The smallest absolute Gasteiger partial charge is 0.164 e. The van der Waals surface area contributed by atoms with E-state index in [-0.39, 0.29) is 0 Å². The Hall–Kier alpha value is -8.77. The van der Waals surface area contributed by atoms with Crippen LogP contribution in [-0.4, -0.2) is 15.0 Å². The molecule has 0 spiro atoms. The van der Waals surface area contributed by atoms with Crippen molar-refractivity contribution in [2.45, 2.75) is 0 Å². The first-order valence-electron chi connectivity index (χ1n) is 22.8. The Labute approximate surface area is 397 Å². The summed E-state index contributed by atoms with van der Waals surface area (Å²) in [5.74, 6) is 1.81. The maximum atomic E-state index is 6.41. The molecule has 3 aromatic heterocycles. The molecule has 0 unspecified atom stereocenters. The van der Waals surface area contributed by atoms with E-state index in [0.29, 0.717) is 17.5 Å². The van der Waals surface area contributed by atoms with Crippen molar-refractivity contribution in [1.29, 1.82) is 0 Å². The molecule has 318 valence electrons. The van der Waals surface area contributed by atoms with Gasteiger partial charge in [-0.25, -0.2) is 15.0 Å². The third-order valence-corrected chi connectivity index (χ3v) is 14.2. The van der Waals surface area contributed by atoms with Crippen LogP contribution in [-0.2, 0) is 0 Å². The van der Waals surface area contributed by atoms with Crippen molar-refractivity contribution in [3.63, 3.8) is 0 Å². The summed E-state index contributed by atoms with van der Waals surface area (Å²) >= 11 is 1.88. The van der Waals surface area contributed by atoms with Crippen LogP contribution in [0, 0.1) is 0 Å². The van der Waals surface area contributed by atoms with Crippen LogP contribution in [0.15, 0.2) is 241 Å². The lowest BCUT2D eigenvalue weighted by molar-refractivity contribution is 0.669. The third-order valence-electron chi connectivity index (χ3n) is 13.0. The molecule has 13 aromatic rings. The fourth-order valence-corrected chi connectivity index (χ4v) is 10.8. The molecule has 0 bridgehead atoms. The van der Waals surface area contributed by atoms with Crippen molar-refractivity contribution in [1.82, 2.24) is 15.0 Å². The minimum Gasteiger partial charge on any atom is -0.456 e. The van der Waals surface area contributed by atoms with Crippen LogP contribution in [0.25, 0.3) is 132 Å². The Bertz CT molecular complexity index is 3970. The van der Waals surface area contributed by atoms with Crippen molar-refractivity contribution in [2.75, 3.05) is 0 Å². The second kappa shape index (κ2) is 16.6. The maximum absolute atomic E-state index is 6.41. The molecule has 0 aliphatic carbocycles. The van der Waals surface area contributed by atoms with Gasteiger partial charge in [0, 0.05) is 47.6 Å². The second-order valence-electron chi connectivity index (χ2n) is 17.1. The Morgan fingerprint density at radius 1 is 0.279 bits per heavy atom. The van der Waals surface area contributed by atoms with Crippen LogP contribution < -0.4 is 0 Å². The maximum Gasteiger partial charge on any atom is 0.164 e. The van der Waals surface area contributed by atoms with E-state index in [4.69, 9.17) is 19.4 Å². The second-order valence-corrected chi connectivity index (χ2v) is 18.2. The summed E-state index contributed by atoms with van der Waals surface area (Å²) in [5.41, 5.74) is 16.2. The van der Waals surface area contributed by atoms with Gasteiger partial charge in [-0.15, -0.1) is 11.3 Å². The lowest BCUT2D eigenvalue weighted by Crippen LogP contribution is -2.00. The van der Waals surface area contributed by atoms with E-state index in [1.165, 1.54) is 53.6 Å². The zero-order valence-corrected chi connectivity index (χ0v) is 37.5. The molecule has 0 saturated heterocycles. The number of rotatable bonds is 8. The minimum atomic E-state index is 0.592. The van der Waals surface area contributed by atoms with Crippen LogP contribution in [0.5, 0.6) is 0 Å². The molecule has 0 saturated carbocycles. The molecule has 3 heterocycles. The molecule has 0 fully saturated rings. The van der Waals surface area contributed by atoms with Crippen LogP contribution in [0.2, 0.25) is 0 Å². The standard InChI is InChI=1S/C63H39N3OS/c1-4-12-40(13-5-1)49-35-37-56-55(38-49)59-54(20-11-21-57(59)67-56)63-65-61(47-16-8-3-9-17-47)64-62(66-63)48-32-28-45(29-33-48)43-24-22-42(23-25-43)44-26-30-46(31-27-44)51-18-10-19-53-52-36-34-50(39-58(52)68-60(51)53)41-14-6-2-7-15-41/h1-39H. The van der Waals surface area contributed by atoms with E-state index in [0.717, 1.165) is 60.9 Å². The zero-order valence-electron chi connectivity index (χ0n) is 36.7. The molecule has 0 radical (unpaired) electrons. The first-order chi connectivity index (χ1) is 33.7. The molecule has 0 amide bonds. The van der Waals surface area contributed by atoms with Gasteiger partial charge in [-0.3, -0.25) is 0 Å². The van der Waals surface area contributed by atoms with Gasteiger partial charge in [0.15, 0.2) is 17.5 Å². The van der Waals surface area contributed by atoms with Gasteiger partial charge in [0.25, 0.3) is 0 Å². The first-order valence-corrected chi connectivity index (χ1v) is 23.6. The average Bonchev–Trinajstić information content (AvgIpc) is 4.00. The van der Waals surface area contributed by atoms with E-state index in [2.05, 4.69) is 188 Å². The summed E-state index contributed by atoms with van der Waals surface area (Å²) in [6.07, 6.45) is 0. The molecule has 0 aliphatic rings. The van der Waals surface area contributed by atoms with Crippen LogP contribution in [0.1, 0.15) is 0 Å². The fraction of sp³-hybridized carbons (Fsp3) is 0. The molecular formula is C63H39N3OS. The van der Waals surface area contributed by atoms with E-state index in [9.17, 15) is 0 Å². The lowest BCUT2D eigenvalue weighted by atomic mass is 9.97. The summed E-state index contributed by atoms with van der Waals surface area (Å²) in [6, 6.07) is 83.5. The van der Waals surface area contributed by atoms with Gasteiger partial charge in [0.2, 0.25) is 0 Å². The van der Waals surface area contributed by atoms with Crippen LogP contribution >= 0.6 is 11.3 Å².